The van der Waals surface area contributed by atoms with E-state index in [1.807, 2.05) is 6.07 Å². The summed E-state index contributed by atoms with van der Waals surface area (Å²) < 4.78 is 27.1. The van der Waals surface area contributed by atoms with Crippen molar-refractivity contribution >= 4 is 0 Å². The third kappa shape index (κ3) is 2.85. The van der Waals surface area contributed by atoms with Gasteiger partial charge in [0.15, 0.2) is 5.69 Å². The molecule has 9 heteroatoms. The van der Waals surface area contributed by atoms with E-state index < -0.39 is 5.82 Å². The zero-order valence-corrected chi connectivity index (χ0v) is 14.7. The second kappa shape index (κ2) is 6.93. The number of rotatable bonds is 4. The first-order chi connectivity index (χ1) is 13.8. The molecule has 1 unspecified atom stereocenters. The Morgan fingerprint density at radius 1 is 1.14 bits per heavy atom. The molecule has 4 heterocycles. The van der Waals surface area contributed by atoms with Crippen LogP contribution in [0.3, 0.4) is 0 Å². The number of para-hydroxylation sites is 1. The Balaban J connectivity index is 1.62. The predicted octanol–water partition coefficient (Wildman–Crippen LogP) is 3.37. The van der Waals surface area contributed by atoms with Crippen molar-refractivity contribution < 1.29 is 13.7 Å². The molecule has 1 atom stereocenters. The van der Waals surface area contributed by atoms with Crippen molar-refractivity contribution in [1.29, 1.82) is 0 Å². The number of pyridine rings is 1. The summed E-state index contributed by atoms with van der Waals surface area (Å²) in [5, 5.41) is 12.4. The van der Waals surface area contributed by atoms with Gasteiger partial charge in [0.05, 0.1) is 0 Å². The fourth-order valence-electron chi connectivity index (χ4n) is 3.26. The average molecular weight is 378 g/mol. The largest absolute Gasteiger partial charge is 0.372 e. The van der Waals surface area contributed by atoms with E-state index in [9.17, 15) is 4.39 Å². The lowest BCUT2D eigenvalue weighted by atomic mass is 10.1. The molecule has 1 saturated heterocycles. The summed E-state index contributed by atoms with van der Waals surface area (Å²) in [4.78, 5) is 8.49. The van der Waals surface area contributed by atoms with Crippen LogP contribution in [-0.4, -0.2) is 36.7 Å². The zero-order chi connectivity index (χ0) is 18.9. The molecule has 1 aliphatic rings. The van der Waals surface area contributed by atoms with Gasteiger partial charge in [-0.3, -0.25) is 4.98 Å². The number of benzene rings is 1. The van der Waals surface area contributed by atoms with Crippen LogP contribution in [0.4, 0.5) is 4.39 Å². The molecule has 0 radical (unpaired) electrons. The van der Waals surface area contributed by atoms with Crippen LogP contribution in [0.25, 0.3) is 28.7 Å². The van der Waals surface area contributed by atoms with E-state index in [2.05, 4.69) is 25.4 Å². The molecule has 28 heavy (non-hydrogen) atoms. The first-order valence-electron chi connectivity index (χ1n) is 8.88. The molecule has 0 saturated carbocycles. The quantitative estimate of drug-likeness (QED) is 0.537. The summed E-state index contributed by atoms with van der Waals surface area (Å²) in [5.74, 6) is 0.188. The maximum absolute atomic E-state index is 14.4. The van der Waals surface area contributed by atoms with Crippen molar-refractivity contribution in [3.05, 3.63) is 60.3 Å². The highest BCUT2D eigenvalue weighted by molar-refractivity contribution is 5.59. The van der Waals surface area contributed by atoms with E-state index in [1.54, 1.807) is 36.7 Å². The maximum atomic E-state index is 14.4. The van der Waals surface area contributed by atoms with Crippen molar-refractivity contribution in [2.45, 2.75) is 18.9 Å². The second-order valence-corrected chi connectivity index (χ2v) is 6.35. The molecule has 5 rings (SSSR count). The number of nitrogens with zero attached hydrogens (tertiary/aromatic N) is 6. The molecule has 1 aliphatic heterocycles. The Morgan fingerprint density at radius 3 is 2.86 bits per heavy atom. The van der Waals surface area contributed by atoms with Gasteiger partial charge in [-0.1, -0.05) is 22.5 Å². The van der Waals surface area contributed by atoms with Gasteiger partial charge in [0.2, 0.25) is 5.82 Å². The number of hydrogen-bond acceptors (Lipinski definition) is 7. The van der Waals surface area contributed by atoms with Gasteiger partial charge in [0, 0.05) is 24.6 Å². The van der Waals surface area contributed by atoms with E-state index >= 15 is 0 Å². The fourth-order valence-corrected chi connectivity index (χ4v) is 3.26. The minimum absolute atomic E-state index is 0.201. The molecule has 0 N–H and O–H groups in total. The normalized spacial score (nSPS) is 16.5. The third-order valence-corrected chi connectivity index (χ3v) is 4.57. The van der Waals surface area contributed by atoms with Crippen molar-refractivity contribution in [3.63, 3.8) is 0 Å². The zero-order valence-electron chi connectivity index (χ0n) is 14.7. The number of hydrogen-bond donors (Lipinski definition) is 0. The van der Waals surface area contributed by atoms with Gasteiger partial charge in [-0.05, 0) is 37.1 Å². The lowest BCUT2D eigenvalue weighted by Crippen LogP contribution is -2.09. The van der Waals surface area contributed by atoms with Crippen LogP contribution in [0.1, 0.15) is 24.6 Å². The predicted molar refractivity (Wildman–Crippen MR) is 95.8 cm³/mol. The minimum Gasteiger partial charge on any atom is -0.372 e. The van der Waals surface area contributed by atoms with E-state index in [-0.39, 0.29) is 12.0 Å². The van der Waals surface area contributed by atoms with E-state index in [1.165, 1.54) is 10.7 Å². The van der Waals surface area contributed by atoms with Crippen molar-refractivity contribution in [3.8, 4) is 28.7 Å². The van der Waals surface area contributed by atoms with Crippen molar-refractivity contribution in [2.75, 3.05) is 6.61 Å². The highest BCUT2D eigenvalue weighted by Crippen LogP contribution is 2.36. The monoisotopic (exact) mass is 378 g/mol. The summed E-state index contributed by atoms with van der Waals surface area (Å²) in [7, 11) is 0. The van der Waals surface area contributed by atoms with Gasteiger partial charge in [-0.25, -0.2) is 9.07 Å². The van der Waals surface area contributed by atoms with Crippen LogP contribution >= 0.6 is 0 Å². The second-order valence-electron chi connectivity index (χ2n) is 6.35. The Morgan fingerprint density at radius 2 is 2.07 bits per heavy atom. The maximum Gasteiger partial charge on any atom is 0.280 e. The summed E-state index contributed by atoms with van der Waals surface area (Å²) >= 11 is 0. The standard InChI is InChI=1S/C19H15FN6O2/c20-13-6-1-2-7-14(13)26-17(15-8-4-10-27-15)16(23-25-26)19-22-18(24-28-19)12-5-3-9-21-11-12/h1-3,5-7,9,11,15H,4,8,10H2. The van der Waals surface area contributed by atoms with Gasteiger partial charge >= 0.3 is 0 Å². The highest BCUT2D eigenvalue weighted by Gasteiger charge is 2.31. The first kappa shape index (κ1) is 16.7. The van der Waals surface area contributed by atoms with E-state index in [0.29, 0.717) is 29.5 Å². The molecular weight excluding hydrogens is 363 g/mol. The van der Waals surface area contributed by atoms with Gasteiger partial charge in [-0.15, -0.1) is 5.10 Å². The lowest BCUT2D eigenvalue weighted by molar-refractivity contribution is 0.107. The number of ether oxygens (including phenoxy) is 1. The van der Waals surface area contributed by atoms with Crippen LogP contribution < -0.4 is 0 Å². The molecule has 1 aromatic carbocycles. The number of aromatic nitrogens is 6. The smallest absolute Gasteiger partial charge is 0.280 e. The van der Waals surface area contributed by atoms with Crippen molar-refractivity contribution in [2.24, 2.45) is 0 Å². The Kier molecular flexibility index (Phi) is 4.13. The summed E-state index contributed by atoms with van der Waals surface area (Å²) in [6.45, 7) is 0.622. The van der Waals surface area contributed by atoms with Gasteiger partial charge in [0.1, 0.15) is 23.3 Å². The van der Waals surface area contributed by atoms with Crippen LogP contribution in [0.2, 0.25) is 0 Å². The first-order valence-corrected chi connectivity index (χ1v) is 8.88. The minimum atomic E-state index is -0.403. The summed E-state index contributed by atoms with van der Waals surface area (Å²) in [5.41, 5.74) is 2.00. The Hall–Kier alpha value is -3.46. The van der Waals surface area contributed by atoms with Crippen LogP contribution in [0.5, 0.6) is 0 Å². The molecule has 0 spiro atoms. The van der Waals surface area contributed by atoms with E-state index in [4.69, 9.17) is 9.26 Å². The highest BCUT2D eigenvalue weighted by atomic mass is 19.1. The molecule has 0 bridgehead atoms. The summed E-state index contributed by atoms with van der Waals surface area (Å²) in [6, 6.07) is 10.0. The van der Waals surface area contributed by atoms with Crippen LogP contribution in [0, 0.1) is 5.82 Å². The van der Waals surface area contributed by atoms with Gasteiger partial charge in [-0.2, -0.15) is 4.98 Å². The van der Waals surface area contributed by atoms with Crippen molar-refractivity contribution in [1.82, 2.24) is 30.1 Å². The average Bonchev–Trinajstić information content (AvgIpc) is 3.48. The van der Waals surface area contributed by atoms with Crippen LogP contribution in [0.15, 0.2) is 53.3 Å². The van der Waals surface area contributed by atoms with Gasteiger partial charge < -0.3 is 9.26 Å². The Bertz CT molecular complexity index is 1100. The van der Waals surface area contributed by atoms with Gasteiger partial charge in [0.25, 0.3) is 5.89 Å². The SMILES string of the molecule is Fc1ccccc1-n1nnc(-c2nc(-c3cccnc3)no2)c1C1CCCO1. The lowest BCUT2D eigenvalue weighted by Gasteiger charge is -2.13. The molecule has 4 aromatic rings. The molecule has 0 aliphatic carbocycles. The third-order valence-electron chi connectivity index (χ3n) is 4.57. The number of halogens is 1. The topological polar surface area (TPSA) is 91.8 Å². The fraction of sp³-hybridized carbons (Fsp3) is 0.211. The molecule has 8 nitrogen and oxygen atoms in total. The van der Waals surface area contributed by atoms with Crippen LogP contribution in [-0.2, 0) is 4.74 Å². The molecule has 0 amide bonds. The molecule has 140 valence electrons. The molecular formula is C19H15FN6O2. The van der Waals surface area contributed by atoms with E-state index in [0.717, 1.165) is 18.4 Å². The molecule has 3 aromatic heterocycles. The summed E-state index contributed by atoms with van der Waals surface area (Å²) in [6.07, 6.45) is 4.71. The molecule has 1 fully saturated rings. The Labute approximate surface area is 159 Å².